The molecule has 0 aromatic heterocycles. The number of rotatable bonds is 50. The van der Waals surface area contributed by atoms with Gasteiger partial charge in [-0.3, -0.25) is 14.4 Å². The van der Waals surface area contributed by atoms with Gasteiger partial charge in [-0.25, -0.2) is 0 Å². The van der Waals surface area contributed by atoms with Gasteiger partial charge in [-0.2, -0.15) is 0 Å². The highest BCUT2D eigenvalue weighted by atomic mass is 16.6. The zero-order chi connectivity index (χ0) is 50.0. The van der Waals surface area contributed by atoms with Crippen LogP contribution in [-0.4, -0.2) is 37.2 Å². The fraction of sp³-hybridized carbons (Fsp3) is 0.667. The quantitative estimate of drug-likeness (QED) is 0.0262. The Kier molecular flexibility index (Phi) is 53.4. The van der Waals surface area contributed by atoms with Crippen LogP contribution in [0.25, 0.3) is 0 Å². The zero-order valence-electron chi connectivity index (χ0n) is 44.8. The summed E-state index contributed by atoms with van der Waals surface area (Å²) in [6, 6.07) is 0. The summed E-state index contributed by atoms with van der Waals surface area (Å²) >= 11 is 0. The number of esters is 3. The van der Waals surface area contributed by atoms with Crippen molar-refractivity contribution in [3.05, 3.63) is 109 Å². The van der Waals surface area contributed by atoms with E-state index in [-0.39, 0.29) is 31.6 Å². The second-order valence-corrected chi connectivity index (χ2v) is 18.5. The Labute approximate surface area is 425 Å². The van der Waals surface area contributed by atoms with Crippen LogP contribution in [-0.2, 0) is 28.6 Å². The van der Waals surface area contributed by atoms with Gasteiger partial charge in [0.25, 0.3) is 0 Å². The van der Waals surface area contributed by atoms with Crippen LogP contribution < -0.4 is 0 Å². The van der Waals surface area contributed by atoms with Crippen LogP contribution in [0.5, 0.6) is 0 Å². The lowest BCUT2D eigenvalue weighted by molar-refractivity contribution is -0.166. The monoisotopic (exact) mass is 957 g/mol. The third kappa shape index (κ3) is 54.9. The molecule has 0 fully saturated rings. The van der Waals surface area contributed by atoms with Crippen LogP contribution in [0.15, 0.2) is 109 Å². The fourth-order valence-corrected chi connectivity index (χ4v) is 7.52. The van der Waals surface area contributed by atoms with E-state index in [1.54, 1.807) is 6.08 Å². The second kappa shape index (κ2) is 56.7. The van der Waals surface area contributed by atoms with Crippen molar-refractivity contribution >= 4 is 17.9 Å². The average Bonchev–Trinajstić information content (AvgIpc) is 3.35. The molecule has 0 amide bonds. The number of carbonyl (C=O) groups is 3. The molecule has 6 heteroatoms. The third-order valence-corrected chi connectivity index (χ3v) is 11.8. The Balaban J connectivity index is 4.51. The molecule has 0 radical (unpaired) electrons. The summed E-state index contributed by atoms with van der Waals surface area (Å²) in [7, 11) is 0. The number of unbranched alkanes of at least 4 members (excludes halogenated alkanes) is 22. The van der Waals surface area contributed by atoms with Crippen LogP contribution in [0.1, 0.15) is 252 Å². The zero-order valence-corrected chi connectivity index (χ0v) is 44.8. The van der Waals surface area contributed by atoms with Gasteiger partial charge in [-0.15, -0.1) is 0 Å². The topological polar surface area (TPSA) is 78.9 Å². The highest BCUT2D eigenvalue weighted by Crippen LogP contribution is 2.13. The Bertz CT molecular complexity index is 1420. The van der Waals surface area contributed by atoms with Gasteiger partial charge in [0.2, 0.25) is 0 Å². The van der Waals surface area contributed by atoms with Gasteiger partial charge in [-0.05, 0) is 109 Å². The first-order valence-corrected chi connectivity index (χ1v) is 28.4. The summed E-state index contributed by atoms with van der Waals surface area (Å²) in [6.07, 6.45) is 76.7. The molecular weight excluding hydrogens is 853 g/mol. The predicted molar refractivity (Wildman–Crippen MR) is 297 cm³/mol. The minimum Gasteiger partial charge on any atom is -0.462 e. The molecule has 69 heavy (non-hydrogen) atoms. The van der Waals surface area contributed by atoms with Crippen molar-refractivity contribution in [1.82, 2.24) is 0 Å². The molecule has 0 N–H and O–H groups in total. The van der Waals surface area contributed by atoms with Crippen molar-refractivity contribution in [2.24, 2.45) is 0 Å². The number of ether oxygens (including phenoxy) is 3. The van der Waals surface area contributed by atoms with Crippen LogP contribution in [0.3, 0.4) is 0 Å². The first-order chi connectivity index (χ1) is 34.0. The molecule has 0 bridgehead atoms. The number of hydrogen-bond acceptors (Lipinski definition) is 6. The minimum absolute atomic E-state index is 0.0892. The summed E-state index contributed by atoms with van der Waals surface area (Å²) in [5.41, 5.74) is 0. The van der Waals surface area contributed by atoms with Crippen molar-refractivity contribution in [3.8, 4) is 0 Å². The van der Waals surface area contributed by atoms with Gasteiger partial charge >= 0.3 is 17.9 Å². The largest absolute Gasteiger partial charge is 0.462 e. The standard InChI is InChI=1S/C63H104O6/c1-4-7-10-13-16-19-22-25-28-29-30-31-32-33-36-38-41-44-47-50-53-56-62(65)68-59-60(69-63(66)57-54-51-48-45-42-39-35-27-24-21-18-15-12-9-6-3)58-67-61(64)55-52-49-46-43-40-37-34-26-23-20-17-14-11-8-5-2/h9,12,18,21-22,25-27,29-30,32-35,42,45,51,54,60H,4-8,10-11,13-17,19-20,23-24,28,31,36-41,43-44,46-50,52-53,55-59H2,1-3H3/b12-9-,21-18-,25-22-,30-29-,33-32-,34-26-,35-27-,45-42-,54-51-. The Morgan fingerprint density at radius 2 is 0.609 bits per heavy atom. The molecule has 392 valence electrons. The van der Waals surface area contributed by atoms with Crippen molar-refractivity contribution < 1.29 is 28.6 Å². The number of allylic oxidation sites excluding steroid dienone is 17. The van der Waals surface area contributed by atoms with E-state index in [1.165, 1.54) is 103 Å². The molecule has 1 unspecified atom stereocenters. The molecule has 0 aliphatic carbocycles. The van der Waals surface area contributed by atoms with E-state index in [1.807, 2.05) is 6.08 Å². The number of hydrogen-bond donors (Lipinski definition) is 0. The van der Waals surface area contributed by atoms with Crippen molar-refractivity contribution in [3.63, 3.8) is 0 Å². The normalized spacial score (nSPS) is 12.9. The Hall–Kier alpha value is -3.93. The summed E-state index contributed by atoms with van der Waals surface area (Å²) in [6.45, 7) is 6.41. The Morgan fingerprint density at radius 1 is 0.319 bits per heavy atom. The summed E-state index contributed by atoms with van der Waals surface area (Å²) in [4.78, 5) is 38.1. The molecule has 0 spiro atoms. The van der Waals surface area contributed by atoms with E-state index in [4.69, 9.17) is 14.2 Å². The van der Waals surface area contributed by atoms with E-state index < -0.39 is 12.1 Å². The first kappa shape index (κ1) is 65.1. The minimum atomic E-state index is -0.843. The van der Waals surface area contributed by atoms with E-state index in [0.29, 0.717) is 19.3 Å². The summed E-state index contributed by atoms with van der Waals surface area (Å²) in [5.74, 6) is -1.08. The van der Waals surface area contributed by atoms with Gasteiger partial charge in [0, 0.05) is 12.8 Å². The fourth-order valence-electron chi connectivity index (χ4n) is 7.52. The van der Waals surface area contributed by atoms with Crippen molar-refractivity contribution in [1.29, 1.82) is 0 Å². The highest BCUT2D eigenvalue weighted by molar-refractivity contribution is 5.72. The Morgan fingerprint density at radius 3 is 0.971 bits per heavy atom. The summed E-state index contributed by atoms with van der Waals surface area (Å²) in [5, 5.41) is 0. The lowest BCUT2D eigenvalue weighted by Crippen LogP contribution is -2.30. The van der Waals surface area contributed by atoms with E-state index >= 15 is 0 Å². The third-order valence-electron chi connectivity index (χ3n) is 11.8. The van der Waals surface area contributed by atoms with E-state index in [2.05, 4.69) is 118 Å². The predicted octanol–water partition coefficient (Wildman–Crippen LogP) is 19.1. The highest BCUT2D eigenvalue weighted by Gasteiger charge is 2.19. The van der Waals surface area contributed by atoms with Gasteiger partial charge in [0.1, 0.15) is 13.2 Å². The van der Waals surface area contributed by atoms with Gasteiger partial charge in [0.05, 0.1) is 6.42 Å². The molecule has 0 aromatic rings. The van der Waals surface area contributed by atoms with E-state index in [0.717, 1.165) is 103 Å². The molecule has 0 saturated heterocycles. The maximum Gasteiger partial charge on any atom is 0.310 e. The molecule has 6 nitrogen and oxygen atoms in total. The summed E-state index contributed by atoms with van der Waals surface area (Å²) < 4.78 is 16.7. The average molecular weight is 958 g/mol. The van der Waals surface area contributed by atoms with Crippen molar-refractivity contribution in [2.75, 3.05) is 13.2 Å². The van der Waals surface area contributed by atoms with Crippen LogP contribution >= 0.6 is 0 Å². The SMILES string of the molecule is CC/C=C\C/C=C\C/C=C\C/C=C\C/C=C\CC(=O)OC(COC(=O)CCCCCCC/C=C\CCCCCCCC)COC(=O)CCCCCCCC/C=C\C/C=C\C/C=C\CCCCCCC. The lowest BCUT2D eigenvalue weighted by atomic mass is 10.1. The van der Waals surface area contributed by atoms with Crippen LogP contribution in [0.4, 0.5) is 0 Å². The maximum atomic E-state index is 12.8. The van der Waals surface area contributed by atoms with Gasteiger partial charge in [-0.1, -0.05) is 233 Å². The molecule has 1 atom stereocenters. The van der Waals surface area contributed by atoms with Crippen LogP contribution in [0.2, 0.25) is 0 Å². The molecule has 0 aliphatic heterocycles. The molecule has 0 saturated carbocycles. The van der Waals surface area contributed by atoms with Crippen LogP contribution in [0, 0.1) is 0 Å². The molecular formula is C63H104O6. The van der Waals surface area contributed by atoms with Crippen molar-refractivity contribution in [2.45, 2.75) is 258 Å². The number of carbonyl (C=O) groups excluding carboxylic acids is 3. The molecule has 0 rings (SSSR count). The molecule has 0 aliphatic rings. The van der Waals surface area contributed by atoms with E-state index in [9.17, 15) is 14.4 Å². The lowest BCUT2D eigenvalue weighted by Gasteiger charge is -2.18. The second-order valence-electron chi connectivity index (χ2n) is 18.5. The maximum absolute atomic E-state index is 12.8. The molecule has 0 aromatic carbocycles. The van der Waals surface area contributed by atoms with Gasteiger partial charge < -0.3 is 14.2 Å². The molecule has 0 heterocycles. The smallest absolute Gasteiger partial charge is 0.310 e. The first-order valence-electron chi connectivity index (χ1n) is 28.4. The van der Waals surface area contributed by atoms with Gasteiger partial charge in [0.15, 0.2) is 6.10 Å².